The van der Waals surface area contributed by atoms with E-state index in [9.17, 15) is 29.1 Å². The highest BCUT2D eigenvalue weighted by Crippen LogP contribution is 2.39. The molecule has 6 rings (SSSR count). The molecule has 0 saturated carbocycles. The predicted molar refractivity (Wildman–Crippen MR) is 308 cm³/mol. The molecule has 1 aromatic heterocycles. The minimum Gasteiger partial charge on any atom is -0.489 e. The highest BCUT2D eigenvalue weighted by Gasteiger charge is 2.32. The van der Waals surface area contributed by atoms with Gasteiger partial charge < -0.3 is 55.3 Å². The van der Waals surface area contributed by atoms with E-state index in [1.54, 1.807) is 41.2 Å². The number of carbonyl (C=O) groups excluding carboxylic acids is 2. The molecule has 2 heterocycles. The highest BCUT2D eigenvalue weighted by atomic mass is 35.5. The van der Waals surface area contributed by atoms with Crippen molar-refractivity contribution >= 4 is 118 Å². The molecule has 5 aromatic rings. The molecule has 428 valence electrons. The average Bonchev–Trinajstić information content (AvgIpc) is 3.36. The van der Waals surface area contributed by atoms with E-state index in [0.717, 1.165) is 35.5 Å². The molecule has 1 aliphatic rings. The summed E-state index contributed by atoms with van der Waals surface area (Å²) in [6.07, 6.45) is 0.280. The van der Waals surface area contributed by atoms with E-state index in [1.807, 2.05) is 90.9 Å². The lowest BCUT2D eigenvalue weighted by Gasteiger charge is -2.35. The zero-order valence-corrected chi connectivity index (χ0v) is 49.1. The number of nitrogens with two attached hydrogens (primary N) is 1. The molecule has 2 amide bonds. The number of hydrogen-bond donors (Lipinski definition) is 7. The van der Waals surface area contributed by atoms with Crippen LogP contribution in [0.3, 0.4) is 0 Å². The number of carbonyl (C=O) groups is 3. The number of aryl methyl sites for hydroxylation is 2. The number of fused-ring (bicyclic) bond motifs is 1. The monoisotopic (exact) mass is 1200 g/mol. The number of carboxylic acids is 1. The third kappa shape index (κ3) is 23.7. The number of nitro groups is 1. The van der Waals surface area contributed by atoms with Gasteiger partial charge in [-0.15, -0.1) is 11.6 Å². The number of nitrogens with one attached hydrogen (secondary N) is 3. The lowest BCUT2D eigenvalue weighted by atomic mass is 10.0. The SMILES string of the molecule is CC1COc2ccccc2N1C(=O)C(Cl)Cl.CCNc1nc(Cl)nc(NC(C)(C)C)n1.CCc1cccc(C)c1N(C(=O)CCl)C(C)COC.Nc1c([N+](=O)[O-])ccc(Oc2ccccc2)c1Cl.O=C(O)CNCP(=O)(O)O. The van der Waals surface area contributed by atoms with E-state index < -0.39 is 36.2 Å². The number of nitrogen functional groups attached to an aromatic ring is 1. The largest absolute Gasteiger partial charge is 0.489 e. The Labute approximate surface area is 478 Å². The van der Waals surface area contributed by atoms with Crippen molar-refractivity contribution in [1.29, 1.82) is 0 Å². The zero-order valence-electron chi connectivity index (χ0n) is 44.4. The predicted octanol–water partition coefficient (Wildman–Crippen LogP) is 10.4. The number of alkyl halides is 3. The van der Waals surface area contributed by atoms with Gasteiger partial charge in [0.25, 0.3) is 11.6 Å². The normalized spacial score (nSPS) is 12.9. The number of amides is 2. The van der Waals surface area contributed by atoms with E-state index >= 15 is 0 Å². The minimum absolute atomic E-state index is 0.0223. The van der Waals surface area contributed by atoms with E-state index in [0.29, 0.717) is 36.6 Å². The number of nitrogens with zero attached hydrogens (tertiary/aromatic N) is 6. The van der Waals surface area contributed by atoms with Crippen LogP contribution >= 0.6 is 65.6 Å². The number of rotatable bonds is 17. The molecule has 1 aliphatic heterocycles. The Balaban J connectivity index is 0.000000338. The molecule has 0 spiro atoms. The van der Waals surface area contributed by atoms with Gasteiger partial charge in [-0.3, -0.25) is 34.4 Å². The molecular weight excluding hydrogens is 1140 g/mol. The summed E-state index contributed by atoms with van der Waals surface area (Å²) in [6.45, 7) is 17.3. The molecule has 0 radical (unpaired) electrons. The zero-order chi connectivity index (χ0) is 58.9. The summed E-state index contributed by atoms with van der Waals surface area (Å²) in [6, 6.07) is 24.9. The maximum atomic E-state index is 12.2. The van der Waals surface area contributed by atoms with Crippen LogP contribution in [0.15, 0.2) is 84.9 Å². The first-order valence-electron chi connectivity index (χ1n) is 23.7. The van der Waals surface area contributed by atoms with Crippen molar-refractivity contribution in [2.24, 2.45) is 0 Å². The van der Waals surface area contributed by atoms with Gasteiger partial charge in [-0.1, -0.05) is 90.3 Å². The van der Waals surface area contributed by atoms with E-state index in [4.69, 9.17) is 92.8 Å². The number of carboxylic acid groups (broad SMARTS) is 1. The first-order valence-corrected chi connectivity index (χ1v) is 27.7. The molecular formula is C50H66Cl5N10O12P. The molecule has 0 fully saturated rings. The molecule has 0 saturated heterocycles. The number of ether oxygens (including phenoxy) is 3. The van der Waals surface area contributed by atoms with Gasteiger partial charge in [-0.2, -0.15) is 15.0 Å². The second kappa shape index (κ2) is 33.6. The molecule has 78 heavy (non-hydrogen) atoms. The van der Waals surface area contributed by atoms with Gasteiger partial charge in [0, 0.05) is 25.3 Å². The van der Waals surface area contributed by atoms with Crippen molar-refractivity contribution in [2.45, 2.75) is 84.3 Å². The first kappa shape index (κ1) is 68.3. The van der Waals surface area contributed by atoms with Gasteiger partial charge in [0.1, 0.15) is 40.4 Å². The fourth-order valence-corrected chi connectivity index (χ4v) is 7.87. The highest BCUT2D eigenvalue weighted by molar-refractivity contribution is 7.51. The number of methoxy groups -OCH3 is 1. The van der Waals surface area contributed by atoms with Crippen molar-refractivity contribution in [3.05, 3.63) is 116 Å². The van der Waals surface area contributed by atoms with E-state index in [2.05, 4.69) is 43.9 Å². The van der Waals surface area contributed by atoms with Gasteiger partial charge >= 0.3 is 13.6 Å². The number of nitro benzene ring substituents is 1. The standard InChI is InChI=1S/C15H22ClNO2.C12H9ClN2O3.C11H11Cl2NO2.C9H16ClN5.C3H8NO5P/c1-5-13-8-6-7-11(2)15(13)17(14(18)9-16)12(3)10-19-4;13-11-10(18-8-4-2-1-3-5-8)7-6-9(12(11)14)15(16)17;1-7-6-16-9-5-3-2-4-8(9)14(7)11(15)10(12)13;1-5-11-7-12-6(10)13-8(14-7)15-9(2,3)4;5-3(6)1-4-2-10(7,8)9/h6-8,12H,5,9-10H2,1-4H3;1-7H,14H2;2-5,7,10H,6H2,1H3;5H2,1-4H3,(H2,11,12,13,14,15);4H,1-2H2,(H,5,6)(H2,7,8,9). The van der Waals surface area contributed by atoms with Crippen LogP contribution < -0.4 is 41.0 Å². The number of aromatic nitrogens is 3. The Morgan fingerprint density at radius 1 is 0.987 bits per heavy atom. The summed E-state index contributed by atoms with van der Waals surface area (Å²) < 4.78 is 26.2. The van der Waals surface area contributed by atoms with Gasteiger partial charge in [-0.25, -0.2) is 0 Å². The first-order chi connectivity index (χ1) is 36.6. The van der Waals surface area contributed by atoms with Crippen LogP contribution in [0.25, 0.3) is 0 Å². The molecule has 0 aliphatic carbocycles. The lowest BCUT2D eigenvalue weighted by Crippen LogP contribution is -2.47. The maximum Gasteiger partial charge on any atom is 0.339 e. The van der Waals surface area contributed by atoms with Crippen molar-refractivity contribution in [2.75, 3.05) is 71.7 Å². The maximum absolute atomic E-state index is 12.2. The molecule has 2 atom stereocenters. The van der Waals surface area contributed by atoms with Crippen LogP contribution in [-0.2, 0) is 30.1 Å². The number of benzene rings is 4. The Hall–Kier alpha value is -5.78. The van der Waals surface area contributed by atoms with Gasteiger partial charge in [0.2, 0.25) is 23.1 Å². The second-order valence-corrected chi connectivity index (χ2v) is 21.3. The molecule has 28 heteroatoms. The summed E-state index contributed by atoms with van der Waals surface area (Å²) in [5.41, 5.74) is 9.07. The fourth-order valence-electron chi connectivity index (χ4n) is 6.77. The Morgan fingerprint density at radius 3 is 2.17 bits per heavy atom. The quantitative estimate of drug-likeness (QED) is 0.0150. The number of hydrogen-bond acceptors (Lipinski definition) is 16. The number of anilines is 5. The summed E-state index contributed by atoms with van der Waals surface area (Å²) in [5, 5.41) is 27.1. The van der Waals surface area contributed by atoms with Gasteiger partial charge in [0.15, 0.2) is 4.84 Å². The summed E-state index contributed by atoms with van der Waals surface area (Å²) in [5.74, 6) is 0.949. The minimum atomic E-state index is -4.10. The van der Waals surface area contributed by atoms with E-state index in [-0.39, 0.29) is 62.7 Å². The van der Waals surface area contributed by atoms with Crippen LogP contribution in [0, 0.1) is 17.0 Å². The van der Waals surface area contributed by atoms with Crippen molar-refractivity contribution in [3.8, 4) is 17.2 Å². The lowest BCUT2D eigenvalue weighted by molar-refractivity contribution is -0.383. The summed E-state index contributed by atoms with van der Waals surface area (Å²) in [7, 11) is -2.46. The third-order valence-electron chi connectivity index (χ3n) is 9.96. The van der Waals surface area contributed by atoms with E-state index in [1.165, 1.54) is 12.1 Å². The average molecular weight is 1210 g/mol. The smallest absolute Gasteiger partial charge is 0.339 e. The Kier molecular flexibility index (Phi) is 29.4. The van der Waals surface area contributed by atoms with Crippen molar-refractivity contribution < 1.29 is 53.0 Å². The van der Waals surface area contributed by atoms with Crippen molar-refractivity contribution in [1.82, 2.24) is 20.3 Å². The number of para-hydroxylation sites is 4. The molecule has 0 bridgehead atoms. The third-order valence-corrected chi connectivity index (χ3v) is 11.8. The van der Waals surface area contributed by atoms with Gasteiger partial charge in [-0.05, 0) is 108 Å². The van der Waals surface area contributed by atoms with Gasteiger partial charge in [0.05, 0.1) is 47.8 Å². The molecule has 2 unspecified atom stereocenters. The summed E-state index contributed by atoms with van der Waals surface area (Å²) >= 11 is 28.7. The van der Waals surface area contributed by atoms with Crippen LogP contribution in [-0.4, -0.2) is 121 Å². The van der Waals surface area contributed by atoms with Crippen LogP contribution in [0.5, 0.6) is 17.2 Å². The topological polar surface area (TPSA) is 307 Å². The number of aliphatic carboxylic acids is 1. The summed E-state index contributed by atoms with van der Waals surface area (Å²) in [4.78, 5) is 74.7. The Morgan fingerprint density at radius 2 is 1.62 bits per heavy atom. The molecule has 22 nitrogen and oxygen atoms in total. The van der Waals surface area contributed by atoms with Crippen molar-refractivity contribution in [3.63, 3.8) is 0 Å². The van der Waals surface area contributed by atoms with Crippen LogP contribution in [0.2, 0.25) is 10.3 Å². The second-order valence-electron chi connectivity index (χ2n) is 17.6. The fraction of sp³-hybridized carbons (Fsp3) is 0.400. The van der Waals surface area contributed by atoms with Crippen LogP contribution in [0.1, 0.15) is 59.6 Å². The van der Waals surface area contributed by atoms with Crippen LogP contribution in [0.4, 0.5) is 34.6 Å². The molecule has 4 aromatic carbocycles. The number of halogens is 5. The Bertz CT molecular complexity index is 2780. The molecule has 8 N–H and O–H groups in total.